The molecule has 0 aliphatic heterocycles. The average molecular weight is 255 g/mol. The van der Waals surface area contributed by atoms with Crippen molar-refractivity contribution in [3.63, 3.8) is 0 Å². The molecule has 0 aliphatic carbocycles. The molecule has 4 nitrogen and oxygen atoms in total. The van der Waals surface area contributed by atoms with Crippen molar-refractivity contribution in [1.82, 2.24) is 20.5 Å². The number of nitrogens with zero attached hydrogens (tertiary/aromatic N) is 2. The van der Waals surface area contributed by atoms with Crippen LogP contribution in [0.5, 0.6) is 0 Å². The third-order valence-electron chi connectivity index (χ3n) is 2.57. The molecule has 0 saturated carbocycles. The van der Waals surface area contributed by atoms with E-state index < -0.39 is 0 Å². The molecule has 1 aromatic carbocycles. The average Bonchev–Trinajstić information content (AvgIpc) is 2.85. The Morgan fingerprint density at radius 1 is 1.53 bits per heavy atom. The Balaban J connectivity index is 2.22. The molecule has 1 atom stereocenters. The second-order valence-corrected chi connectivity index (χ2v) is 4.04. The highest BCUT2D eigenvalue weighted by molar-refractivity contribution is 6.30. The number of hydrogen-bond donors (Lipinski definition) is 2. The Morgan fingerprint density at radius 2 is 2.35 bits per heavy atom. The Bertz CT molecular complexity index is 486. The van der Waals surface area contributed by atoms with Crippen LogP contribution in [0.15, 0.2) is 24.5 Å². The first-order valence-electron chi connectivity index (χ1n) is 5.17. The molecule has 2 aromatic rings. The van der Waals surface area contributed by atoms with Crippen LogP contribution in [0.25, 0.3) is 0 Å². The molecule has 0 aliphatic rings. The maximum Gasteiger partial charge on any atom is 0.145 e. The van der Waals surface area contributed by atoms with Crippen molar-refractivity contribution in [3.8, 4) is 0 Å². The maximum atomic E-state index is 13.7. The molecule has 0 fully saturated rings. The molecular formula is C11H12ClFN4. The summed E-state index contributed by atoms with van der Waals surface area (Å²) in [5, 5.41) is 9.73. The third-order valence-corrected chi connectivity index (χ3v) is 2.86. The van der Waals surface area contributed by atoms with Gasteiger partial charge in [0, 0.05) is 0 Å². The van der Waals surface area contributed by atoms with E-state index >= 15 is 0 Å². The van der Waals surface area contributed by atoms with Gasteiger partial charge in [0.15, 0.2) is 0 Å². The van der Waals surface area contributed by atoms with Crippen LogP contribution in [-0.4, -0.2) is 22.2 Å². The summed E-state index contributed by atoms with van der Waals surface area (Å²) in [6.07, 6.45) is 1.88. The van der Waals surface area contributed by atoms with Crippen LogP contribution in [0.2, 0.25) is 5.02 Å². The van der Waals surface area contributed by atoms with Gasteiger partial charge in [-0.25, -0.2) is 9.37 Å². The summed E-state index contributed by atoms with van der Waals surface area (Å²) in [6, 6.07) is 4.85. The van der Waals surface area contributed by atoms with Gasteiger partial charge < -0.3 is 5.32 Å². The van der Waals surface area contributed by atoms with Gasteiger partial charge in [0.1, 0.15) is 18.0 Å². The second-order valence-electron chi connectivity index (χ2n) is 3.63. The summed E-state index contributed by atoms with van der Waals surface area (Å²) in [6.45, 7) is 0. The largest absolute Gasteiger partial charge is 0.310 e. The molecule has 2 N–H and O–H groups in total. The Morgan fingerprint density at radius 3 is 3.00 bits per heavy atom. The van der Waals surface area contributed by atoms with Gasteiger partial charge >= 0.3 is 0 Å². The predicted octanol–water partition coefficient (Wildman–Crippen LogP) is 2.10. The van der Waals surface area contributed by atoms with Crippen molar-refractivity contribution >= 4 is 11.6 Å². The van der Waals surface area contributed by atoms with E-state index in [1.165, 1.54) is 12.4 Å². The normalized spacial score (nSPS) is 12.6. The topological polar surface area (TPSA) is 53.6 Å². The molecule has 90 valence electrons. The molecule has 17 heavy (non-hydrogen) atoms. The number of rotatable bonds is 4. The fourth-order valence-electron chi connectivity index (χ4n) is 1.64. The third kappa shape index (κ3) is 2.62. The quantitative estimate of drug-likeness (QED) is 0.879. The first-order valence-corrected chi connectivity index (χ1v) is 5.55. The Kier molecular flexibility index (Phi) is 3.71. The van der Waals surface area contributed by atoms with Gasteiger partial charge in [-0.3, -0.25) is 5.10 Å². The molecule has 0 bridgehead atoms. The van der Waals surface area contributed by atoms with Gasteiger partial charge in [0.25, 0.3) is 0 Å². The van der Waals surface area contributed by atoms with E-state index in [4.69, 9.17) is 11.6 Å². The van der Waals surface area contributed by atoms with E-state index in [1.807, 2.05) is 0 Å². The van der Waals surface area contributed by atoms with Crippen molar-refractivity contribution in [3.05, 3.63) is 46.8 Å². The van der Waals surface area contributed by atoms with E-state index in [2.05, 4.69) is 20.5 Å². The Hall–Kier alpha value is -1.46. The van der Waals surface area contributed by atoms with Crippen LogP contribution in [0.4, 0.5) is 4.39 Å². The molecular weight excluding hydrogens is 243 g/mol. The lowest BCUT2D eigenvalue weighted by molar-refractivity contribution is 0.534. The Labute approximate surface area is 103 Å². The summed E-state index contributed by atoms with van der Waals surface area (Å²) >= 11 is 5.73. The predicted molar refractivity (Wildman–Crippen MR) is 63.3 cm³/mol. The smallest absolute Gasteiger partial charge is 0.145 e. The molecule has 6 heteroatoms. The van der Waals surface area contributed by atoms with E-state index in [-0.39, 0.29) is 16.9 Å². The minimum atomic E-state index is -0.381. The SMILES string of the molecule is CNC(Cc1cccc(Cl)c1F)c1ncn[nH]1. The van der Waals surface area contributed by atoms with Gasteiger partial charge in [-0.15, -0.1) is 0 Å². The van der Waals surface area contributed by atoms with Crippen LogP contribution in [0.3, 0.4) is 0 Å². The number of aromatic amines is 1. The summed E-state index contributed by atoms with van der Waals surface area (Å²) in [5.74, 6) is 0.292. The summed E-state index contributed by atoms with van der Waals surface area (Å²) in [5.41, 5.74) is 0.549. The minimum Gasteiger partial charge on any atom is -0.310 e. The molecule has 0 amide bonds. The second kappa shape index (κ2) is 5.25. The van der Waals surface area contributed by atoms with Crippen molar-refractivity contribution in [1.29, 1.82) is 0 Å². The lowest BCUT2D eigenvalue weighted by atomic mass is 10.1. The van der Waals surface area contributed by atoms with E-state index in [1.54, 1.807) is 19.2 Å². The monoisotopic (exact) mass is 254 g/mol. The van der Waals surface area contributed by atoms with Crippen molar-refractivity contribution in [2.45, 2.75) is 12.5 Å². The molecule has 1 aromatic heterocycles. The van der Waals surface area contributed by atoms with Crippen LogP contribution >= 0.6 is 11.6 Å². The number of hydrogen-bond acceptors (Lipinski definition) is 3. The zero-order chi connectivity index (χ0) is 12.3. The zero-order valence-electron chi connectivity index (χ0n) is 9.24. The number of likely N-dealkylation sites (N-methyl/N-ethyl adjacent to an activating group) is 1. The van der Waals surface area contributed by atoms with Crippen molar-refractivity contribution < 1.29 is 4.39 Å². The summed E-state index contributed by atoms with van der Waals surface area (Å²) in [4.78, 5) is 4.05. The molecule has 0 radical (unpaired) electrons. The molecule has 2 rings (SSSR count). The summed E-state index contributed by atoms with van der Waals surface area (Å²) < 4.78 is 13.7. The molecule has 1 unspecified atom stereocenters. The van der Waals surface area contributed by atoms with E-state index in [9.17, 15) is 4.39 Å². The van der Waals surface area contributed by atoms with Crippen molar-refractivity contribution in [2.24, 2.45) is 0 Å². The highest BCUT2D eigenvalue weighted by Crippen LogP contribution is 2.22. The number of aromatic nitrogens is 3. The van der Waals surface area contributed by atoms with E-state index in [0.29, 0.717) is 17.8 Å². The van der Waals surface area contributed by atoms with Crippen LogP contribution in [0, 0.1) is 5.82 Å². The zero-order valence-corrected chi connectivity index (χ0v) is 10.0. The number of H-pyrrole nitrogens is 1. The van der Waals surface area contributed by atoms with Gasteiger partial charge in [-0.05, 0) is 25.1 Å². The molecule has 0 saturated heterocycles. The number of halogens is 2. The summed E-state index contributed by atoms with van der Waals surface area (Å²) in [7, 11) is 1.79. The van der Waals surface area contributed by atoms with Gasteiger partial charge in [-0.2, -0.15) is 5.10 Å². The van der Waals surface area contributed by atoms with Crippen LogP contribution in [-0.2, 0) is 6.42 Å². The highest BCUT2D eigenvalue weighted by atomic mass is 35.5. The maximum absolute atomic E-state index is 13.7. The minimum absolute atomic E-state index is 0.120. The first kappa shape index (κ1) is 12.0. The van der Waals surface area contributed by atoms with E-state index in [0.717, 1.165) is 0 Å². The fourth-order valence-corrected chi connectivity index (χ4v) is 1.84. The van der Waals surface area contributed by atoms with Gasteiger partial charge in [-0.1, -0.05) is 23.7 Å². The first-order chi connectivity index (χ1) is 8.22. The van der Waals surface area contributed by atoms with Crippen LogP contribution in [0.1, 0.15) is 17.4 Å². The van der Waals surface area contributed by atoms with Gasteiger partial charge in [0.05, 0.1) is 11.1 Å². The lowest BCUT2D eigenvalue weighted by Gasteiger charge is -2.14. The molecule has 0 spiro atoms. The van der Waals surface area contributed by atoms with Crippen LogP contribution < -0.4 is 5.32 Å². The van der Waals surface area contributed by atoms with Crippen molar-refractivity contribution in [2.75, 3.05) is 7.05 Å². The lowest BCUT2D eigenvalue weighted by Crippen LogP contribution is -2.20. The van der Waals surface area contributed by atoms with Gasteiger partial charge in [0.2, 0.25) is 0 Å². The standard InChI is InChI=1S/C11H12ClFN4/c1-14-9(11-15-6-16-17-11)5-7-3-2-4-8(12)10(7)13/h2-4,6,9,14H,5H2,1H3,(H,15,16,17). The fraction of sp³-hybridized carbons (Fsp3) is 0.273. The number of nitrogens with one attached hydrogen (secondary N) is 2. The highest BCUT2D eigenvalue weighted by Gasteiger charge is 2.16. The number of benzene rings is 1. The molecule has 1 heterocycles.